The van der Waals surface area contributed by atoms with E-state index in [9.17, 15) is 24.3 Å². The van der Waals surface area contributed by atoms with Crippen LogP contribution in [0.2, 0.25) is 0 Å². The van der Waals surface area contributed by atoms with E-state index < -0.39 is 46.9 Å². The number of cyclic esters (lactones) is 1. The Morgan fingerprint density at radius 3 is 2.58 bits per heavy atom. The monoisotopic (exact) mass is 899 g/mol. The highest BCUT2D eigenvalue weighted by Gasteiger charge is 2.47. The van der Waals surface area contributed by atoms with Crippen molar-refractivity contribution in [3.05, 3.63) is 58.2 Å². The lowest BCUT2D eigenvalue weighted by Gasteiger charge is -2.49. The van der Waals surface area contributed by atoms with Crippen LogP contribution >= 0.6 is 11.3 Å². The van der Waals surface area contributed by atoms with Crippen molar-refractivity contribution >= 4 is 46.1 Å². The lowest BCUT2D eigenvalue weighted by atomic mass is 9.84. The number of hydrogen-bond acceptors (Lipinski definition) is 12. The number of ether oxygens (including phenoxy) is 2. The molecule has 0 radical (unpaired) electrons. The molecule has 6 heterocycles. The summed E-state index contributed by atoms with van der Waals surface area (Å²) in [6, 6.07) is 7.24. The number of amides is 4. The number of likely N-dealkylation sites (tertiary alicyclic amines) is 1. The van der Waals surface area contributed by atoms with Gasteiger partial charge in [-0.1, -0.05) is 33.8 Å². The maximum Gasteiger partial charge on any atom is 0.324 e. The van der Waals surface area contributed by atoms with Crippen molar-refractivity contribution in [2.24, 2.45) is 11.3 Å². The number of carbonyl (C=O) groups excluding carboxylic acids is 4. The third-order valence-electron chi connectivity index (χ3n) is 12.6. The molecule has 4 atom stereocenters. The molecule has 17 heteroatoms. The Morgan fingerprint density at radius 1 is 1.14 bits per heavy atom. The van der Waals surface area contributed by atoms with Gasteiger partial charge in [0.25, 0.3) is 5.91 Å². The highest BCUT2D eigenvalue weighted by atomic mass is 32.1. The molecule has 7 rings (SSSR count). The Hall–Kier alpha value is -4.94. The molecule has 0 saturated carbocycles. The molecule has 2 saturated heterocycles. The summed E-state index contributed by atoms with van der Waals surface area (Å²) in [6.07, 6.45) is 3.20. The van der Waals surface area contributed by atoms with Crippen molar-refractivity contribution in [3.8, 4) is 22.5 Å². The molecule has 3 aliphatic heterocycles. The van der Waals surface area contributed by atoms with Gasteiger partial charge >= 0.3 is 12.0 Å². The molecule has 6 bridgehead atoms. The smallest absolute Gasteiger partial charge is 0.324 e. The fourth-order valence-corrected chi connectivity index (χ4v) is 10.4. The summed E-state index contributed by atoms with van der Waals surface area (Å²) in [5.74, 6) is -1.69. The van der Waals surface area contributed by atoms with Gasteiger partial charge in [0, 0.05) is 79.2 Å². The first-order chi connectivity index (χ1) is 30.3. The number of aromatic nitrogens is 3. The van der Waals surface area contributed by atoms with E-state index in [2.05, 4.69) is 60.3 Å². The summed E-state index contributed by atoms with van der Waals surface area (Å²) < 4.78 is 14.2. The maximum atomic E-state index is 14.6. The Bertz CT molecular complexity index is 2370. The predicted molar refractivity (Wildman–Crippen MR) is 246 cm³/mol. The van der Waals surface area contributed by atoms with E-state index in [0.29, 0.717) is 43.9 Å². The highest BCUT2D eigenvalue weighted by molar-refractivity contribution is 7.10. The third kappa shape index (κ3) is 9.69. The standard InChI is InChI=1S/C47H65N9O7S/c1-11-55-37-17-16-30-20-32(37)33(41(55)31-14-12-18-48-39(31)29(4)62-10)22-46(5,6)27-63-44(59)34-15-13-19-56(51-34)43(58)35(21-38-49-36(30)23-64-38)50-42(57)40(28(2)3)53(9)45(60)54-25-47(61,26-54)24-52(7)8/h12,14,16-18,20,23,28-29,34-35,40,51,61H,11,13,15,19,21-22,24-27H2,1-10H3,(H,50,57)/t29-,34-,35-,40?/m0/s1. The number of methoxy groups -OCH3 is 1. The predicted octanol–water partition coefficient (Wildman–Crippen LogP) is 4.89. The van der Waals surface area contributed by atoms with E-state index in [-0.39, 0.29) is 44.2 Å². The van der Waals surface area contributed by atoms with Crippen LogP contribution in [-0.4, -0.2) is 148 Å². The average Bonchev–Trinajstić information content (AvgIpc) is 3.84. The molecule has 1 aromatic carbocycles. The van der Waals surface area contributed by atoms with Crippen LogP contribution in [0.1, 0.15) is 76.8 Å². The largest absolute Gasteiger partial charge is 0.464 e. The number of carbonyl (C=O) groups is 4. The van der Waals surface area contributed by atoms with Gasteiger partial charge in [0.15, 0.2) is 0 Å². The number of hydrogen-bond donors (Lipinski definition) is 3. The second-order valence-corrected chi connectivity index (χ2v) is 20.1. The van der Waals surface area contributed by atoms with Crippen LogP contribution < -0.4 is 10.7 Å². The molecule has 1 unspecified atom stereocenters. The van der Waals surface area contributed by atoms with Gasteiger partial charge in [-0.05, 0) is 83.0 Å². The van der Waals surface area contributed by atoms with Gasteiger partial charge in [-0.3, -0.25) is 24.4 Å². The molecule has 0 spiro atoms. The minimum absolute atomic E-state index is 0.0776. The molecule has 4 aromatic rings. The molecule has 3 aromatic heterocycles. The summed E-state index contributed by atoms with van der Waals surface area (Å²) in [5, 5.41) is 19.0. The van der Waals surface area contributed by atoms with Crippen LogP contribution in [-0.2, 0) is 43.2 Å². The van der Waals surface area contributed by atoms with Crippen molar-refractivity contribution in [1.29, 1.82) is 0 Å². The van der Waals surface area contributed by atoms with Crippen LogP contribution in [0.25, 0.3) is 33.4 Å². The fraction of sp³-hybridized carbons (Fsp3) is 0.574. The Morgan fingerprint density at radius 2 is 1.89 bits per heavy atom. The van der Waals surface area contributed by atoms with Crippen molar-refractivity contribution in [2.75, 3.05) is 61.0 Å². The van der Waals surface area contributed by atoms with Crippen LogP contribution in [0.3, 0.4) is 0 Å². The third-order valence-corrected chi connectivity index (χ3v) is 13.5. The number of β-amino-alcohol motifs (C(OH)–C–C–N with tert-alkyl or cyclic N) is 1. The maximum absolute atomic E-state index is 14.6. The molecule has 64 heavy (non-hydrogen) atoms. The molecule has 346 valence electrons. The second kappa shape index (κ2) is 18.9. The molecule has 16 nitrogen and oxygen atoms in total. The minimum atomic E-state index is -1.08. The number of esters is 1. The van der Waals surface area contributed by atoms with Crippen LogP contribution in [0.15, 0.2) is 41.9 Å². The van der Waals surface area contributed by atoms with Crippen molar-refractivity contribution < 1.29 is 33.8 Å². The number of nitrogens with one attached hydrogen (secondary N) is 2. The first-order valence-corrected chi connectivity index (χ1v) is 23.2. The lowest BCUT2D eigenvalue weighted by molar-refractivity contribution is -0.155. The second-order valence-electron chi connectivity index (χ2n) is 19.2. The van der Waals surface area contributed by atoms with Crippen LogP contribution in [0.5, 0.6) is 0 Å². The Labute approximate surface area is 380 Å². The molecule has 3 aliphatic rings. The van der Waals surface area contributed by atoms with E-state index >= 15 is 0 Å². The number of likely N-dealkylation sites (N-methyl/N-ethyl adjacent to an activating group) is 2. The van der Waals surface area contributed by atoms with Crippen LogP contribution in [0, 0.1) is 11.3 Å². The number of aryl methyl sites for hydroxylation is 1. The van der Waals surface area contributed by atoms with Gasteiger partial charge in [-0.15, -0.1) is 11.3 Å². The molecule has 0 aliphatic carbocycles. The number of thiazole rings is 1. The Kier molecular flexibility index (Phi) is 13.9. The molecular formula is C47H65N9O7S. The average molecular weight is 900 g/mol. The highest BCUT2D eigenvalue weighted by Crippen LogP contribution is 2.42. The number of hydrazine groups is 1. The lowest BCUT2D eigenvalue weighted by Crippen LogP contribution is -2.70. The molecule has 2 fully saturated rings. The quantitative estimate of drug-likeness (QED) is 0.185. The van der Waals surface area contributed by atoms with Gasteiger partial charge in [-0.2, -0.15) is 0 Å². The van der Waals surface area contributed by atoms with Crippen molar-refractivity contribution in [3.63, 3.8) is 0 Å². The summed E-state index contributed by atoms with van der Waals surface area (Å²) in [4.78, 5) is 71.2. The number of nitrogens with zero attached hydrogens (tertiary/aromatic N) is 7. The molecular weight excluding hydrogens is 835 g/mol. The summed E-state index contributed by atoms with van der Waals surface area (Å²) in [5.41, 5.74) is 8.25. The van der Waals surface area contributed by atoms with Gasteiger partial charge in [0.2, 0.25) is 5.91 Å². The first-order valence-electron chi connectivity index (χ1n) is 22.3. The van der Waals surface area contributed by atoms with Crippen molar-refractivity contribution in [1.82, 2.24) is 45.0 Å². The number of benzene rings is 1. The summed E-state index contributed by atoms with van der Waals surface area (Å²) in [6.45, 7) is 13.9. The van der Waals surface area contributed by atoms with Gasteiger partial charge in [-0.25, -0.2) is 15.2 Å². The van der Waals surface area contributed by atoms with Crippen molar-refractivity contribution in [2.45, 2.75) is 104 Å². The SMILES string of the molecule is CCn1c(-c2cccnc2[C@H](C)OC)c2c3cc(ccc31)-c1csc(n1)C[C@H](NC(=O)C(C(C)C)N(C)C(=O)N1CC(O)(CN(C)C)C1)C(=O)N1CCC[C@H](N1)C(=O)OCC(C)(C)C2. The fourth-order valence-electron chi connectivity index (χ4n) is 9.58. The number of rotatable bonds is 10. The minimum Gasteiger partial charge on any atom is -0.464 e. The summed E-state index contributed by atoms with van der Waals surface area (Å²) in [7, 11) is 6.99. The van der Waals surface area contributed by atoms with Gasteiger partial charge in [0.1, 0.15) is 23.7 Å². The normalized spacial score (nSPS) is 21.0. The number of urea groups is 1. The summed E-state index contributed by atoms with van der Waals surface area (Å²) >= 11 is 1.41. The topological polar surface area (TPSA) is 175 Å². The van der Waals surface area contributed by atoms with Gasteiger partial charge in [0.05, 0.1) is 47.9 Å². The Balaban J connectivity index is 1.26. The zero-order valence-corrected chi connectivity index (χ0v) is 39.8. The molecule has 3 N–H and O–H groups in total. The number of aliphatic hydroxyl groups is 1. The first kappa shape index (κ1) is 47.0. The number of pyridine rings is 1. The zero-order chi connectivity index (χ0) is 46.2. The van der Waals surface area contributed by atoms with Gasteiger partial charge < -0.3 is 39.2 Å². The van der Waals surface area contributed by atoms with E-state index in [4.69, 9.17) is 19.4 Å². The number of fused-ring (bicyclic) bond motifs is 6. The van der Waals surface area contributed by atoms with E-state index in [1.54, 1.807) is 20.4 Å². The van der Waals surface area contributed by atoms with E-state index in [1.165, 1.54) is 26.1 Å². The molecule has 4 amide bonds. The zero-order valence-electron chi connectivity index (χ0n) is 38.9. The van der Waals surface area contributed by atoms with E-state index in [1.807, 2.05) is 51.2 Å². The van der Waals surface area contributed by atoms with Crippen LogP contribution in [0.4, 0.5) is 4.79 Å². The van der Waals surface area contributed by atoms with E-state index in [0.717, 1.165) is 44.7 Å².